The number of hydrogen-bond acceptors (Lipinski definition) is 4. The van der Waals surface area contributed by atoms with Gasteiger partial charge in [0.15, 0.2) is 0 Å². The maximum absolute atomic E-state index is 10.3. The second-order valence-corrected chi connectivity index (χ2v) is 2.12. The Hall–Kier alpha value is 1.43. The zero-order valence-corrected chi connectivity index (χ0v) is 14.2. The maximum atomic E-state index is 10.3. The molecule has 0 saturated heterocycles. The molecule has 0 saturated carbocycles. The number of carbonyl (C=O) groups is 2. The van der Waals surface area contributed by atoms with Gasteiger partial charge in [-0.3, -0.25) is 0 Å². The monoisotopic (exact) mass is 243 g/mol. The molecule has 0 spiro atoms. The first-order chi connectivity index (χ1) is 5.63. The van der Waals surface area contributed by atoms with E-state index in [4.69, 9.17) is 0 Å². The van der Waals surface area contributed by atoms with Gasteiger partial charge >= 0.3 is 104 Å². The van der Waals surface area contributed by atoms with Crippen LogP contribution in [0.15, 0.2) is 24.3 Å². The molecule has 0 fully saturated rings. The summed E-state index contributed by atoms with van der Waals surface area (Å²) in [6, 6.07) is 5.14. The van der Waals surface area contributed by atoms with Crippen LogP contribution in [0.5, 0.6) is 0 Å². The third kappa shape index (κ3) is 4.97. The van der Waals surface area contributed by atoms with Crippen LogP contribution in [0, 0.1) is 0 Å². The molecule has 0 amide bonds. The summed E-state index contributed by atoms with van der Waals surface area (Å²) in [6.45, 7) is 0. The quantitative estimate of drug-likeness (QED) is 0.483. The Kier molecular flexibility index (Phi) is 10.9. The number of carbonyl (C=O) groups excluding carboxylic acids is 2. The van der Waals surface area contributed by atoms with Gasteiger partial charge in [-0.1, -0.05) is 24.3 Å². The molecular weight excluding hydrogens is 238 g/mol. The zero-order valence-electron chi connectivity index (χ0n) is 8.94. The molecule has 0 unspecified atom stereocenters. The van der Waals surface area contributed by atoms with E-state index >= 15 is 0 Å². The standard InChI is InChI=1S/C8H6O4.2K/c9-7(10)5-3-1-2-4-6(5)8(11)12;;/h1-4H,(H,9,10)(H,11,12);;/q;2*+1/p-1. The number of rotatable bonds is 2. The number of carboxylic acid groups (broad SMARTS) is 2. The number of aromatic carboxylic acids is 2. The minimum absolute atomic E-state index is 0. The summed E-state index contributed by atoms with van der Waals surface area (Å²) in [5, 5.41) is 20.6. The van der Waals surface area contributed by atoms with Gasteiger partial charge in [0.25, 0.3) is 0 Å². The smallest absolute Gasteiger partial charge is 0.545 e. The van der Waals surface area contributed by atoms with Crippen molar-refractivity contribution in [3.8, 4) is 0 Å². The topological polar surface area (TPSA) is 80.3 Å². The third-order valence-corrected chi connectivity index (χ3v) is 1.37. The van der Waals surface area contributed by atoms with Crippen LogP contribution in [0.25, 0.3) is 0 Å². The van der Waals surface area contributed by atoms with Crippen LogP contribution in [0.3, 0.4) is 0 Å². The Bertz CT molecular complexity index is 310. The fraction of sp³-hybridized carbons (Fsp3) is 0. The van der Waals surface area contributed by atoms with Crippen molar-refractivity contribution < 1.29 is 124 Å². The fourth-order valence-electron chi connectivity index (χ4n) is 0.839. The molecule has 62 valence electrons. The van der Waals surface area contributed by atoms with Crippen molar-refractivity contribution in [3.05, 3.63) is 35.4 Å². The van der Waals surface area contributed by atoms with E-state index in [0.717, 1.165) is 12.1 Å². The SMILES string of the molecule is O=C([O-])c1ccccc1C(=O)[O-].[H+].[K+].[K+]. The Labute approximate surface area is 167 Å². The minimum Gasteiger partial charge on any atom is -0.545 e. The first kappa shape index (κ1) is 17.8. The summed E-state index contributed by atoms with van der Waals surface area (Å²) in [6.07, 6.45) is 0. The molecule has 0 bridgehead atoms. The summed E-state index contributed by atoms with van der Waals surface area (Å²) in [7, 11) is 0. The summed E-state index contributed by atoms with van der Waals surface area (Å²) >= 11 is 0. The Morgan fingerprint density at radius 3 is 1.43 bits per heavy atom. The summed E-state index contributed by atoms with van der Waals surface area (Å²) in [5.74, 6) is -3.04. The van der Waals surface area contributed by atoms with Crippen LogP contribution in [0.1, 0.15) is 22.1 Å². The average Bonchev–Trinajstić information content (AvgIpc) is 2.04. The molecule has 0 aromatic heterocycles. The van der Waals surface area contributed by atoms with Crippen molar-refractivity contribution in [3.63, 3.8) is 0 Å². The van der Waals surface area contributed by atoms with Crippen LogP contribution in [0.4, 0.5) is 0 Å². The van der Waals surface area contributed by atoms with E-state index in [9.17, 15) is 19.8 Å². The van der Waals surface area contributed by atoms with Gasteiger partial charge in [-0.15, -0.1) is 0 Å². The number of carboxylic acids is 2. The van der Waals surface area contributed by atoms with Gasteiger partial charge in [0.1, 0.15) is 0 Å². The van der Waals surface area contributed by atoms with Gasteiger partial charge < -0.3 is 19.8 Å². The largest absolute Gasteiger partial charge is 1.00 e. The molecule has 1 rings (SSSR count). The second kappa shape index (κ2) is 8.57. The van der Waals surface area contributed by atoms with E-state index in [-0.39, 0.29) is 115 Å². The summed E-state index contributed by atoms with van der Waals surface area (Å²) in [5.41, 5.74) is -0.727. The first-order valence-electron chi connectivity index (χ1n) is 3.14. The predicted molar refractivity (Wildman–Crippen MR) is 36.2 cm³/mol. The van der Waals surface area contributed by atoms with E-state index in [0.29, 0.717) is 0 Å². The molecule has 14 heavy (non-hydrogen) atoms. The molecular formula is C8H5K2O4+. The van der Waals surface area contributed by atoms with Gasteiger partial charge in [-0.25, -0.2) is 0 Å². The fourth-order valence-corrected chi connectivity index (χ4v) is 0.839. The Morgan fingerprint density at radius 1 is 0.929 bits per heavy atom. The van der Waals surface area contributed by atoms with Crippen molar-refractivity contribution in [2.24, 2.45) is 0 Å². The van der Waals surface area contributed by atoms with Crippen LogP contribution in [-0.2, 0) is 0 Å². The molecule has 1 aromatic rings. The predicted octanol–water partition coefficient (Wildman–Crippen LogP) is -7.47. The maximum Gasteiger partial charge on any atom is 1.00 e. The minimum atomic E-state index is -1.52. The molecule has 0 heterocycles. The molecule has 1 aromatic carbocycles. The molecule has 0 aliphatic rings. The van der Waals surface area contributed by atoms with Crippen molar-refractivity contribution in [1.82, 2.24) is 0 Å². The van der Waals surface area contributed by atoms with Crippen LogP contribution in [-0.4, -0.2) is 11.9 Å². The summed E-state index contributed by atoms with van der Waals surface area (Å²) < 4.78 is 0. The Balaban J connectivity index is -0.000000480. The van der Waals surface area contributed by atoms with Gasteiger partial charge in [0.05, 0.1) is 11.9 Å². The van der Waals surface area contributed by atoms with Gasteiger partial charge in [-0.2, -0.15) is 0 Å². The normalized spacial score (nSPS) is 8.00. The Morgan fingerprint density at radius 2 is 1.21 bits per heavy atom. The van der Waals surface area contributed by atoms with Crippen molar-refractivity contribution in [2.75, 3.05) is 0 Å². The zero-order chi connectivity index (χ0) is 9.14. The molecule has 0 aliphatic carbocycles. The third-order valence-electron chi connectivity index (χ3n) is 1.37. The number of hydrogen-bond donors (Lipinski definition) is 0. The average molecular weight is 243 g/mol. The molecule has 6 heteroatoms. The van der Waals surface area contributed by atoms with Crippen molar-refractivity contribution in [2.45, 2.75) is 0 Å². The molecule has 4 nitrogen and oxygen atoms in total. The van der Waals surface area contributed by atoms with Crippen molar-refractivity contribution in [1.29, 1.82) is 0 Å². The molecule has 0 atom stereocenters. The first-order valence-corrected chi connectivity index (χ1v) is 3.14. The molecule has 0 aliphatic heterocycles. The van der Waals surface area contributed by atoms with Gasteiger partial charge in [-0.05, 0) is 0 Å². The van der Waals surface area contributed by atoms with E-state index < -0.39 is 11.9 Å². The van der Waals surface area contributed by atoms with Gasteiger partial charge in [0, 0.05) is 11.1 Å². The van der Waals surface area contributed by atoms with Crippen molar-refractivity contribution >= 4 is 11.9 Å². The van der Waals surface area contributed by atoms with E-state index in [1.807, 2.05) is 0 Å². The summed E-state index contributed by atoms with van der Waals surface area (Å²) in [4.78, 5) is 20.6. The van der Waals surface area contributed by atoms with Crippen LogP contribution in [0.2, 0.25) is 0 Å². The number of benzene rings is 1. The molecule has 0 N–H and O–H groups in total. The van der Waals surface area contributed by atoms with E-state index in [2.05, 4.69) is 0 Å². The van der Waals surface area contributed by atoms with Crippen LogP contribution >= 0.6 is 0 Å². The second-order valence-electron chi connectivity index (χ2n) is 2.12. The van der Waals surface area contributed by atoms with E-state index in [1.165, 1.54) is 12.1 Å². The molecule has 0 radical (unpaired) electrons. The van der Waals surface area contributed by atoms with E-state index in [1.54, 1.807) is 0 Å². The van der Waals surface area contributed by atoms with Crippen LogP contribution < -0.4 is 113 Å². The van der Waals surface area contributed by atoms with Gasteiger partial charge in [0.2, 0.25) is 0 Å².